The zero-order valence-electron chi connectivity index (χ0n) is 10.0. The summed E-state index contributed by atoms with van der Waals surface area (Å²) in [4.78, 5) is 1.28. The molecule has 0 aliphatic carbocycles. The molecule has 6 heteroatoms. The summed E-state index contributed by atoms with van der Waals surface area (Å²) in [7, 11) is 0. The summed E-state index contributed by atoms with van der Waals surface area (Å²) in [5.41, 5.74) is 1.23. The minimum atomic E-state index is 0.185. The smallest absolute Gasteiger partial charge is 0.0843 e. The minimum Gasteiger partial charge on any atom is -0.306 e. The maximum atomic E-state index is 3.64. The highest BCUT2D eigenvalue weighted by molar-refractivity contribution is 9.13. The molecule has 1 aromatic carbocycles. The van der Waals surface area contributed by atoms with Crippen molar-refractivity contribution < 1.29 is 0 Å². The van der Waals surface area contributed by atoms with Crippen molar-refractivity contribution in [1.29, 1.82) is 0 Å². The van der Waals surface area contributed by atoms with Crippen molar-refractivity contribution >= 4 is 75.1 Å². The van der Waals surface area contributed by atoms with Gasteiger partial charge in [-0.05, 0) is 68.2 Å². The normalized spacial score (nSPS) is 12.7. The quantitative estimate of drug-likeness (QED) is 0.474. The molecule has 1 atom stereocenters. The van der Waals surface area contributed by atoms with Gasteiger partial charge in [-0.2, -0.15) is 0 Å². The molecule has 1 N–H and O–H groups in total. The Kier molecular flexibility index (Phi) is 6.11. The Balaban J connectivity index is 2.47. The SMILES string of the molecule is CCNC(c1cc(Br)c(Br)s1)c1cc(Br)ccc1Br. The van der Waals surface area contributed by atoms with Crippen LogP contribution in [0.4, 0.5) is 0 Å². The summed E-state index contributed by atoms with van der Waals surface area (Å²) >= 11 is 16.1. The van der Waals surface area contributed by atoms with Gasteiger partial charge in [-0.3, -0.25) is 0 Å². The molecule has 2 aromatic rings. The first-order chi connectivity index (χ1) is 9.02. The van der Waals surface area contributed by atoms with Gasteiger partial charge in [0.05, 0.1) is 9.83 Å². The van der Waals surface area contributed by atoms with E-state index in [4.69, 9.17) is 0 Å². The number of nitrogens with one attached hydrogen (secondary N) is 1. The molecule has 1 heterocycles. The fourth-order valence-electron chi connectivity index (χ4n) is 1.81. The van der Waals surface area contributed by atoms with E-state index in [1.165, 1.54) is 10.4 Å². The highest BCUT2D eigenvalue weighted by atomic mass is 79.9. The lowest BCUT2D eigenvalue weighted by molar-refractivity contribution is 0.637. The molecule has 0 aliphatic rings. The number of hydrogen-bond acceptors (Lipinski definition) is 2. The van der Waals surface area contributed by atoms with E-state index in [2.05, 4.69) is 94.2 Å². The van der Waals surface area contributed by atoms with Gasteiger partial charge in [0.2, 0.25) is 0 Å². The average molecular weight is 533 g/mol. The fraction of sp³-hybridized carbons (Fsp3) is 0.231. The Labute approximate surface area is 150 Å². The topological polar surface area (TPSA) is 12.0 Å². The molecular weight excluding hydrogens is 522 g/mol. The van der Waals surface area contributed by atoms with Crippen LogP contribution in [0.5, 0.6) is 0 Å². The Morgan fingerprint density at radius 2 is 1.84 bits per heavy atom. The van der Waals surface area contributed by atoms with Crippen molar-refractivity contribution in [3.8, 4) is 0 Å². The molecule has 0 spiro atoms. The van der Waals surface area contributed by atoms with Gasteiger partial charge in [0.15, 0.2) is 0 Å². The molecule has 0 bridgehead atoms. The minimum absolute atomic E-state index is 0.185. The molecule has 0 radical (unpaired) electrons. The van der Waals surface area contributed by atoms with Crippen LogP contribution in [0.2, 0.25) is 0 Å². The van der Waals surface area contributed by atoms with Crippen molar-refractivity contribution in [2.24, 2.45) is 0 Å². The Morgan fingerprint density at radius 1 is 1.11 bits per heavy atom. The largest absolute Gasteiger partial charge is 0.306 e. The lowest BCUT2D eigenvalue weighted by Crippen LogP contribution is -2.21. The van der Waals surface area contributed by atoms with Crippen molar-refractivity contribution in [3.05, 3.63) is 51.9 Å². The van der Waals surface area contributed by atoms with Crippen LogP contribution in [0, 0.1) is 0 Å². The van der Waals surface area contributed by atoms with Gasteiger partial charge >= 0.3 is 0 Å². The van der Waals surface area contributed by atoms with Crippen LogP contribution >= 0.6 is 75.1 Å². The predicted octanol–water partition coefficient (Wildman–Crippen LogP) is 6.50. The van der Waals surface area contributed by atoms with Crippen molar-refractivity contribution in [3.63, 3.8) is 0 Å². The lowest BCUT2D eigenvalue weighted by atomic mass is 10.1. The van der Waals surface area contributed by atoms with E-state index in [0.29, 0.717) is 0 Å². The first-order valence-corrected chi connectivity index (χ1v) is 9.64. The van der Waals surface area contributed by atoms with E-state index in [9.17, 15) is 0 Å². The third-order valence-corrected chi connectivity index (χ3v) is 7.16. The summed E-state index contributed by atoms with van der Waals surface area (Å²) in [5, 5.41) is 3.54. The Bertz CT molecular complexity index is 563. The van der Waals surface area contributed by atoms with Crippen LogP contribution in [0.3, 0.4) is 0 Å². The van der Waals surface area contributed by atoms with Crippen LogP contribution in [0.25, 0.3) is 0 Å². The number of thiophene rings is 1. The first kappa shape index (κ1) is 16.2. The zero-order chi connectivity index (χ0) is 14.0. The summed E-state index contributed by atoms with van der Waals surface area (Å²) in [6, 6.07) is 8.61. The van der Waals surface area contributed by atoms with Crippen molar-refractivity contribution in [2.45, 2.75) is 13.0 Å². The highest BCUT2D eigenvalue weighted by Gasteiger charge is 2.19. The standard InChI is InChI=1S/C13H11Br4NS/c1-2-18-12(11-6-10(16)13(17)19-11)8-5-7(14)3-4-9(8)15/h3-6,12,18H,2H2,1H3. The van der Waals surface area contributed by atoms with Gasteiger partial charge in [-0.1, -0.05) is 38.8 Å². The molecule has 0 saturated heterocycles. The fourth-order valence-corrected chi connectivity index (χ4v) is 4.85. The summed E-state index contributed by atoms with van der Waals surface area (Å²) in [6.45, 7) is 3.04. The molecule has 102 valence electrons. The number of benzene rings is 1. The predicted molar refractivity (Wildman–Crippen MR) is 97.1 cm³/mol. The first-order valence-electron chi connectivity index (χ1n) is 5.66. The van der Waals surface area contributed by atoms with E-state index in [0.717, 1.165) is 23.7 Å². The van der Waals surface area contributed by atoms with Crippen LogP contribution in [0.1, 0.15) is 23.4 Å². The van der Waals surface area contributed by atoms with Crippen molar-refractivity contribution in [2.75, 3.05) is 6.54 Å². The van der Waals surface area contributed by atoms with E-state index in [1.54, 1.807) is 11.3 Å². The van der Waals surface area contributed by atoms with Crippen LogP contribution in [-0.2, 0) is 0 Å². The Morgan fingerprint density at radius 3 is 2.42 bits per heavy atom. The van der Waals surface area contributed by atoms with E-state index >= 15 is 0 Å². The van der Waals surface area contributed by atoms with E-state index in [-0.39, 0.29) is 6.04 Å². The highest BCUT2D eigenvalue weighted by Crippen LogP contribution is 2.39. The zero-order valence-corrected chi connectivity index (χ0v) is 17.2. The van der Waals surface area contributed by atoms with E-state index < -0.39 is 0 Å². The molecule has 2 rings (SSSR count). The van der Waals surface area contributed by atoms with Gasteiger partial charge in [0, 0.05) is 18.3 Å². The Hall–Kier alpha value is 0.800. The van der Waals surface area contributed by atoms with Gasteiger partial charge < -0.3 is 5.32 Å². The van der Waals surface area contributed by atoms with Crippen molar-refractivity contribution in [1.82, 2.24) is 5.32 Å². The molecular formula is C13H11Br4NS. The summed E-state index contributed by atoms with van der Waals surface area (Å²) in [5.74, 6) is 0. The third-order valence-electron chi connectivity index (χ3n) is 2.63. The molecule has 0 aliphatic heterocycles. The van der Waals surface area contributed by atoms with Gasteiger partial charge in [0.25, 0.3) is 0 Å². The molecule has 1 aromatic heterocycles. The molecule has 1 nitrogen and oxygen atoms in total. The van der Waals surface area contributed by atoms with E-state index in [1.807, 2.05) is 6.07 Å². The summed E-state index contributed by atoms with van der Waals surface area (Å²) < 4.78 is 4.42. The monoisotopic (exact) mass is 529 g/mol. The average Bonchev–Trinajstić information content (AvgIpc) is 2.70. The van der Waals surface area contributed by atoms with Gasteiger partial charge in [0.1, 0.15) is 0 Å². The lowest BCUT2D eigenvalue weighted by Gasteiger charge is -2.18. The second-order valence-electron chi connectivity index (χ2n) is 3.93. The van der Waals surface area contributed by atoms with Crippen LogP contribution in [0.15, 0.2) is 41.5 Å². The molecule has 0 saturated carbocycles. The van der Waals surface area contributed by atoms with Gasteiger partial charge in [-0.25, -0.2) is 0 Å². The maximum absolute atomic E-state index is 3.64. The second kappa shape index (κ2) is 7.18. The van der Waals surface area contributed by atoms with Crippen LogP contribution in [-0.4, -0.2) is 6.54 Å². The maximum Gasteiger partial charge on any atom is 0.0843 e. The third kappa shape index (κ3) is 3.92. The summed E-state index contributed by atoms with van der Waals surface area (Å²) in [6.07, 6.45) is 0. The van der Waals surface area contributed by atoms with Crippen LogP contribution < -0.4 is 5.32 Å². The van der Waals surface area contributed by atoms with Gasteiger partial charge in [-0.15, -0.1) is 11.3 Å². The number of halogens is 4. The molecule has 0 fully saturated rings. The second-order valence-corrected chi connectivity index (χ2v) is 8.95. The molecule has 1 unspecified atom stereocenters. The number of rotatable bonds is 4. The molecule has 19 heavy (non-hydrogen) atoms. The number of hydrogen-bond donors (Lipinski definition) is 1. The molecule has 0 amide bonds.